The van der Waals surface area contributed by atoms with Gasteiger partial charge in [0.2, 0.25) is 0 Å². The van der Waals surface area contributed by atoms with Crippen molar-refractivity contribution in [1.29, 1.82) is 0 Å². The predicted molar refractivity (Wildman–Crippen MR) is 77.4 cm³/mol. The maximum absolute atomic E-state index is 10.3. The Morgan fingerprint density at radius 1 is 1.47 bits per heavy atom. The van der Waals surface area contributed by atoms with Crippen molar-refractivity contribution in [2.45, 2.75) is 58.3 Å². The van der Waals surface area contributed by atoms with Crippen LogP contribution in [0.1, 0.15) is 42.3 Å². The van der Waals surface area contributed by atoms with Crippen molar-refractivity contribution in [1.82, 2.24) is 9.88 Å². The first-order valence-corrected chi connectivity index (χ1v) is 7.88. The molecule has 1 aromatic heterocycles. The zero-order valence-corrected chi connectivity index (χ0v) is 12.8. The van der Waals surface area contributed by atoms with Gasteiger partial charge < -0.3 is 10.2 Å². The zero-order valence-electron chi connectivity index (χ0n) is 12.0. The number of thiazole rings is 1. The molecule has 1 fully saturated rings. The fourth-order valence-electron chi connectivity index (χ4n) is 2.70. The van der Waals surface area contributed by atoms with Gasteiger partial charge in [0.1, 0.15) is 0 Å². The lowest BCUT2D eigenvalue weighted by atomic mass is 9.86. The number of aliphatic hydroxyl groups is 2. The van der Waals surface area contributed by atoms with Crippen molar-refractivity contribution in [2.24, 2.45) is 0 Å². The summed E-state index contributed by atoms with van der Waals surface area (Å²) in [6, 6.07) is 0. The SMILES string of the molecule is CCc1nc(C)sc1CN1CC[C@](O)(CC)[C@H](O)C1. The van der Waals surface area contributed by atoms with Gasteiger partial charge in [0.25, 0.3) is 0 Å². The summed E-state index contributed by atoms with van der Waals surface area (Å²) < 4.78 is 0. The van der Waals surface area contributed by atoms with Gasteiger partial charge in [-0.2, -0.15) is 0 Å². The molecule has 19 heavy (non-hydrogen) atoms. The Balaban J connectivity index is 2.01. The van der Waals surface area contributed by atoms with Crippen molar-refractivity contribution in [3.63, 3.8) is 0 Å². The lowest BCUT2D eigenvalue weighted by Gasteiger charge is -2.41. The van der Waals surface area contributed by atoms with Crippen LogP contribution in [-0.2, 0) is 13.0 Å². The van der Waals surface area contributed by atoms with Crippen molar-refractivity contribution in [3.8, 4) is 0 Å². The third-order valence-electron chi connectivity index (χ3n) is 4.11. The van der Waals surface area contributed by atoms with E-state index in [0.29, 0.717) is 19.4 Å². The number of aliphatic hydroxyl groups excluding tert-OH is 1. The molecule has 1 saturated heterocycles. The van der Waals surface area contributed by atoms with Crippen molar-refractivity contribution in [2.75, 3.05) is 13.1 Å². The van der Waals surface area contributed by atoms with Gasteiger partial charge in [-0.15, -0.1) is 11.3 Å². The first-order chi connectivity index (χ1) is 8.98. The van der Waals surface area contributed by atoms with Crippen LogP contribution in [0.25, 0.3) is 0 Å². The van der Waals surface area contributed by atoms with E-state index in [9.17, 15) is 10.2 Å². The van der Waals surface area contributed by atoms with Crippen LogP contribution in [0.2, 0.25) is 0 Å². The van der Waals surface area contributed by atoms with Crippen LogP contribution in [0.4, 0.5) is 0 Å². The average Bonchev–Trinajstić information content (AvgIpc) is 2.74. The Labute approximate surface area is 119 Å². The van der Waals surface area contributed by atoms with E-state index in [2.05, 4.69) is 16.8 Å². The van der Waals surface area contributed by atoms with Gasteiger partial charge in [-0.1, -0.05) is 13.8 Å². The Morgan fingerprint density at radius 2 is 2.21 bits per heavy atom. The van der Waals surface area contributed by atoms with Crippen LogP contribution in [0.5, 0.6) is 0 Å². The van der Waals surface area contributed by atoms with E-state index in [0.717, 1.165) is 24.5 Å². The van der Waals surface area contributed by atoms with Crippen LogP contribution < -0.4 is 0 Å². The Hall–Kier alpha value is -0.490. The summed E-state index contributed by atoms with van der Waals surface area (Å²) in [4.78, 5) is 8.06. The largest absolute Gasteiger partial charge is 0.389 e. The molecule has 0 radical (unpaired) electrons. The van der Waals surface area contributed by atoms with E-state index in [1.54, 1.807) is 11.3 Å². The number of likely N-dealkylation sites (tertiary alicyclic amines) is 1. The van der Waals surface area contributed by atoms with Crippen molar-refractivity contribution >= 4 is 11.3 Å². The summed E-state index contributed by atoms with van der Waals surface area (Å²) in [7, 11) is 0. The molecule has 1 aromatic rings. The van der Waals surface area contributed by atoms with Gasteiger partial charge in [-0.05, 0) is 26.2 Å². The highest BCUT2D eigenvalue weighted by atomic mass is 32.1. The number of aryl methyl sites for hydroxylation is 2. The van der Waals surface area contributed by atoms with Gasteiger partial charge in [0.15, 0.2) is 0 Å². The lowest BCUT2D eigenvalue weighted by molar-refractivity contribution is -0.121. The second-order valence-corrected chi connectivity index (χ2v) is 6.70. The summed E-state index contributed by atoms with van der Waals surface area (Å²) in [6.07, 6.45) is 1.56. The predicted octanol–water partition coefficient (Wildman–Crippen LogP) is 1.72. The normalized spacial score (nSPS) is 28.8. The fourth-order valence-corrected chi connectivity index (χ4v) is 3.76. The van der Waals surface area contributed by atoms with E-state index in [4.69, 9.17) is 0 Å². The second kappa shape index (κ2) is 5.87. The van der Waals surface area contributed by atoms with Gasteiger partial charge in [-0.25, -0.2) is 4.98 Å². The van der Waals surface area contributed by atoms with Gasteiger partial charge in [-0.3, -0.25) is 4.90 Å². The molecule has 0 saturated carbocycles. The highest BCUT2D eigenvalue weighted by Gasteiger charge is 2.39. The van der Waals surface area contributed by atoms with Crippen molar-refractivity contribution < 1.29 is 10.2 Å². The number of hydrogen-bond acceptors (Lipinski definition) is 5. The lowest BCUT2D eigenvalue weighted by Crippen LogP contribution is -2.54. The summed E-state index contributed by atoms with van der Waals surface area (Å²) in [5.41, 5.74) is 0.279. The first kappa shape index (κ1) is 14.9. The van der Waals surface area contributed by atoms with E-state index < -0.39 is 11.7 Å². The van der Waals surface area contributed by atoms with Crippen LogP contribution >= 0.6 is 11.3 Å². The summed E-state index contributed by atoms with van der Waals surface area (Å²) in [6.45, 7) is 8.31. The molecule has 108 valence electrons. The number of piperidine rings is 1. The summed E-state index contributed by atoms with van der Waals surface area (Å²) in [5, 5.41) is 21.5. The number of nitrogens with zero attached hydrogens (tertiary/aromatic N) is 2. The highest BCUT2D eigenvalue weighted by molar-refractivity contribution is 7.11. The molecule has 4 nitrogen and oxygen atoms in total. The van der Waals surface area contributed by atoms with Crippen LogP contribution in [0.3, 0.4) is 0 Å². The van der Waals surface area contributed by atoms with Gasteiger partial charge in [0, 0.05) is 24.5 Å². The third-order valence-corrected chi connectivity index (χ3v) is 5.11. The number of hydrogen-bond donors (Lipinski definition) is 2. The molecule has 5 heteroatoms. The number of aromatic nitrogens is 1. The standard InChI is InChI=1S/C14H24N2O2S/c1-4-11-12(19-10(3)15-11)8-16-7-6-14(18,5-2)13(17)9-16/h13,17-18H,4-9H2,1-3H3/t13-,14-/m1/s1. The van der Waals surface area contributed by atoms with E-state index >= 15 is 0 Å². The molecular weight excluding hydrogens is 260 g/mol. The number of rotatable bonds is 4. The monoisotopic (exact) mass is 284 g/mol. The molecule has 0 bridgehead atoms. The third kappa shape index (κ3) is 3.16. The van der Waals surface area contributed by atoms with Crippen LogP contribution in [-0.4, -0.2) is 44.9 Å². The smallest absolute Gasteiger partial charge is 0.0954 e. The topological polar surface area (TPSA) is 56.6 Å². The van der Waals surface area contributed by atoms with Crippen LogP contribution in [0, 0.1) is 6.92 Å². The van der Waals surface area contributed by atoms with Gasteiger partial charge >= 0.3 is 0 Å². The maximum Gasteiger partial charge on any atom is 0.0954 e. The molecule has 0 aliphatic carbocycles. The average molecular weight is 284 g/mol. The molecule has 0 amide bonds. The fraction of sp³-hybridized carbons (Fsp3) is 0.786. The summed E-state index contributed by atoms with van der Waals surface area (Å²) in [5.74, 6) is 0. The maximum atomic E-state index is 10.3. The molecule has 0 spiro atoms. The molecule has 2 heterocycles. The second-order valence-electron chi connectivity index (χ2n) is 5.41. The molecular formula is C14H24N2O2S. The first-order valence-electron chi connectivity index (χ1n) is 7.06. The quantitative estimate of drug-likeness (QED) is 0.884. The molecule has 1 aliphatic heterocycles. The minimum atomic E-state index is -0.895. The minimum Gasteiger partial charge on any atom is -0.389 e. The Morgan fingerprint density at radius 3 is 2.79 bits per heavy atom. The molecule has 0 aromatic carbocycles. The van der Waals surface area contributed by atoms with E-state index in [1.165, 1.54) is 10.6 Å². The molecule has 0 unspecified atom stereocenters. The van der Waals surface area contributed by atoms with E-state index in [1.807, 2.05) is 13.8 Å². The van der Waals surface area contributed by atoms with Crippen LogP contribution in [0.15, 0.2) is 0 Å². The minimum absolute atomic E-state index is 0.546. The molecule has 2 rings (SSSR count). The molecule has 1 aliphatic rings. The zero-order chi connectivity index (χ0) is 14.0. The summed E-state index contributed by atoms with van der Waals surface area (Å²) >= 11 is 1.74. The highest BCUT2D eigenvalue weighted by Crippen LogP contribution is 2.28. The molecule has 2 atom stereocenters. The Kier molecular flexibility index (Phi) is 4.61. The Bertz CT molecular complexity index is 435. The molecule has 2 N–H and O–H groups in total. The van der Waals surface area contributed by atoms with E-state index in [-0.39, 0.29) is 0 Å². The van der Waals surface area contributed by atoms with Crippen molar-refractivity contribution in [3.05, 3.63) is 15.6 Å². The van der Waals surface area contributed by atoms with Gasteiger partial charge in [0.05, 0.1) is 22.4 Å². The number of β-amino-alcohol motifs (C(OH)–C–C–N with tert-alkyl or cyclic N) is 1.